The van der Waals surface area contributed by atoms with Gasteiger partial charge in [0.25, 0.3) is 0 Å². The summed E-state index contributed by atoms with van der Waals surface area (Å²) in [4.78, 5) is 23.0. The van der Waals surface area contributed by atoms with E-state index in [0.717, 1.165) is 31.0 Å². The predicted molar refractivity (Wildman–Crippen MR) is 126 cm³/mol. The van der Waals surface area contributed by atoms with Crippen LogP contribution in [0.4, 0.5) is 0 Å². The molecular formula is C21H31IN6O. The molecule has 0 radical (unpaired) electrons. The third-order valence-electron chi connectivity index (χ3n) is 5.31. The van der Waals surface area contributed by atoms with E-state index in [-0.39, 0.29) is 29.9 Å². The van der Waals surface area contributed by atoms with E-state index >= 15 is 0 Å². The van der Waals surface area contributed by atoms with Crippen LogP contribution in [0, 0.1) is 5.92 Å². The van der Waals surface area contributed by atoms with Gasteiger partial charge in [-0.1, -0.05) is 37.3 Å². The van der Waals surface area contributed by atoms with Crippen molar-refractivity contribution in [1.82, 2.24) is 25.1 Å². The molecule has 8 heteroatoms. The Morgan fingerprint density at radius 2 is 2.07 bits per heavy atom. The van der Waals surface area contributed by atoms with Gasteiger partial charge in [-0.2, -0.15) is 0 Å². The lowest BCUT2D eigenvalue weighted by atomic mass is 9.93. The topological polar surface area (TPSA) is 74.6 Å². The fraction of sp³-hybridized carbons (Fsp3) is 0.476. The van der Waals surface area contributed by atoms with E-state index < -0.39 is 0 Å². The molecule has 1 aliphatic rings. The van der Waals surface area contributed by atoms with Crippen LogP contribution in [0.15, 0.2) is 54.0 Å². The largest absolute Gasteiger partial charge is 0.356 e. The minimum Gasteiger partial charge on any atom is -0.356 e. The van der Waals surface area contributed by atoms with Crippen LogP contribution >= 0.6 is 24.0 Å². The summed E-state index contributed by atoms with van der Waals surface area (Å²) in [6.45, 7) is 5.26. The van der Waals surface area contributed by atoms with Crippen molar-refractivity contribution in [2.45, 2.75) is 32.4 Å². The molecule has 2 unspecified atom stereocenters. The van der Waals surface area contributed by atoms with Crippen LogP contribution in [-0.4, -0.2) is 53.0 Å². The third-order valence-corrected chi connectivity index (χ3v) is 5.31. The number of likely N-dealkylation sites (tertiary alicyclic amines) is 1. The Hall–Kier alpha value is -2.10. The highest BCUT2D eigenvalue weighted by Gasteiger charge is 2.28. The van der Waals surface area contributed by atoms with E-state index in [4.69, 9.17) is 0 Å². The van der Waals surface area contributed by atoms with Crippen molar-refractivity contribution in [3.05, 3.63) is 54.6 Å². The zero-order chi connectivity index (χ0) is 19.8. The Kier molecular flexibility index (Phi) is 9.43. The number of guanidine groups is 1. The molecule has 7 nitrogen and oxygen atoms in total. The summed E-state index contributed by atoms with van der Waals surface area (Å²) >= 11 is 0. The number of carbonyl (C=O) groups excluding carboxylic acids is 1. The second kappa shape index (κ2) is 11.8. The third kappa shape index (κ3) is 6.73. The van der Waals surface area contributed by atoms with Crippen molar-refractivity contribution in [3.63, 3.8) is 0 Å². The normalized spacial score (nSPS) is 19.4. The van der Waals surface area contributed by atoms with Gasteiger partial charge < -0.3 is 20.1 Å². The van der Waals surface area contributed by atoms with Crippen molar-refractivity contribution < 1.29 is 4.79 Å². The lowest BCUT2D eigenvalue weighted by molar-refractivity contribution is -0.121. The molecule has 1 amide bonds. The average Bonchev–Trinajstić information content (AvgIpc) is 3.26. The van der Waals surface area contributed by atoms with Gasteiger partial charge in [0.05, 0.1) is 12.4 Å². The lowest BCUT2D eigenvalue weighted by Crippen LogP contribution is -2.49. The van der Waals surface area contributed by atoms with E-state index in [1.54, 1.807) is 7.05 Å². The van der Waals surface area contributed by atoms with Crippen molar-refractivity contribution in [2.24, 2.45) is 10.9 Å². The minimum absolute atomic E-state index is 0. The van der Waals surface area contributed by atoms with Gasteiger partial charge in [0.2, 0.25) is 5.91 Å². The van der Waals surface area contributed by atoms with Crippen LogP contribution in [0.5, 0.6) is 0 Å². The second-order valence-corrected chi connectivity index (χ2v) is 7.28. The summed E-state index contributed by atoms with van der Waals surface area (Å²) < 4.78 is 2.18. The summed E-state index contributed by atoms with van der Waals surface area (Å²) in [7, 11) is 1.79. The first kappa shape index (κ1) is 23.2. The van der Waals surface area contributed by atoms with Crippen molar-refractivity contribution >= 4 is 35.8 Å². The van der Waals surface area contributed by atoms with Gasteiger partial charge in [-0.3, -0.25) is 9.79 Å². The fourth-order valence-corrected chi connectivity index (χ4v) is 3.60. The molecule has 1 aromatic heterocycles. The highest BCUT2D eigenvalue weighted by atomic mass is 127. The lowest BCUT2D eigenvalue weighted by Gasteiger charge is -2.39. The maximum Gasteiger partial charge on any atom is 0.222 e. The molecule has 0 saturated carbocycles. The van der Waals surface area contributed by atoms with Gasteiger partial charge in [0.15, 0.2) is 5.96 Å². The fourth-order valence-electron chi connectivity index (χ4n) is 3.60. The predicted octanol–water partition coefficient (Wildman–Crippen LogP) is 2.67. The first-order valence-corrected chi connectivity index (χ1v) is 9.91. The molecular weight excluding hydrogens is 479 g/mol. The van der Waals surface area contributed by atoms with Crippen molar-refractivity contribution in [3.8, 4) is 0 Å². The summed E-state index contributed by atoms with van der Waals surface area (Å²) in [6.07, 6.45) is 7.25. The maximum absolute atomic E-state index is 12.1. The van der Waals surface area contributed by atoms with Gasteiger partial charge in [-0.05, 0) is 17.9 Å². The number of nitrogens with zero attached hydrogens (tertiary/aromatic N) is 4. The first-order chi connectivity index (χ1) is 13.7. The molecule has 2 atom stereocenters. The molecule has 0 spiro atoms. The van der Waals surface area contributed by atoms with E-state index in [2.05, 4.69) is 37.0 Å². The number of piperidine rings is 1. The summed E-state index contributed by atoms with van der Waals surface area (Å²) in [6, 6.07) is 10.3. The number of aromatic nitrogens is 2. The quantitative estimate of drug-likeness (QED) is 0.356. The van der Waals surface area contributed by atoms with E-state index in [0.29, 0.717) is 31.5 Å². The number of hydrogen-bond acceptors (Lipinski definition) is 3. The number of nitrogens with one attached hydrogen (secondary N) is 2. The smallest absolute Gasteiger partial charge is 0.222 e. The van der Waals surface area contributed by atoms with Crippen LogP contribution in [0.25, 0.3) is 0 Å². The molecule has 0 bridgehead atoms. The highest BCUT2D eigenvalue weighted by molar-refractivity contribution is 14.0. The van der Waals surface area contributed by atoms with Crippen LogP contribution < -0.4 is 10.6 Å². The molecule has 3 rings (SSSR count). The molecule has 1 aliphatic heterocycles. The SMILES string of the molecule is CN=C(NCCC(=O)NCc1ccccc1)N1CCC(C)C(n2ccnc2)C1.I. The number of carbonyl (C=O) groups is 1. The monoisotopic (exact) mass is 510 g/mol. The van der Waals surface area contributed by atoms with Crippen LogP contribution in [-0.2, 0) is 11.3 Å². The molecule has 2 heterocycles. The Bertz CT molecular complexity index is 765. The maximum atomic E-state index is 12.1. The van der Waals surface area contributed by atoms with Gasteiger partial charge in [-0.25, -0.2) is 4.98 Å². The molecule has 1 aromatic carbocycles. The number of benzene rings is 1. The Morgan fingerprint density at radius 3 is 2.76 bits per heavy atom. The van der Waals surface area contributed by atoms with Gasteiger partial charge in [-0.15, -0.1) is 24.0 Å². The van der Waals surface area contributed by atoms with Crippen LogP contribution in [0.3, 0.4) is 0 Å². The molecule has 158 valence electrons. The number of rotatable bonds is 6. The second-order valence-electron chi connectivity index (χ2n) is 7.28. The number of aliphatic imine (C=N–C) groups is 1. The summed E-state index contributed by atoms with van der Waals surface area (Å²) in [5.74, 6) is 1.48. The molecule has 0 aliphatic carbocycles. The minimum atomic E-state index is 0. The number of amides is 1. The van der Waals surface area contributed by atoms with E-state index in [1.807, 2.05) is 49.1 Å². The molecule has 29 heavy (non-hydrogen) atoms. The van der Waals surface area contributed by atoms with Crippen LogP contribution in [0.1, 0.15) is 31.4 Å². The van der Waals surface area contributed by atoms with Gasteiger partial charge >= 0.3 is 0 Å². The first-order valence-electron chi connectivity index (χ1n) is 9.91. The van der Waals surface area contributed by atoms with Gasteiger partial charge in [0.1, 0.15) is 0 Å². The molecule has 1 saturated heterocycles. The van der Waals surface area contributed by atoms with E-state index in [1.165, 1.54) is 0 Å². The molecule has 2 N–H and O–H groups in total. The van der Waals surface area contributed by atoms with Gasteiger partial charge in [0, 0.05) is 52.0 Å². The van der Waals surface area contributed by atoms with Crippen LogP contribution in [0.2, 0.25) is 0 Å². The highest BCUT2D eigenvalue weighted by Crippen LogP contribution is 2.27. The number of halogens is 1. The molecule has 2 aromatic rings. The van der Waals surface area contributed by atoms with Crippen molar-refractivity contribution in [1.29, 1.82) is 0 Å². The Morgan fingerprint density at radius 1 is 1.28 bits per heavy atom. The molecule has 1 fully saturated rings. The summed E-state index contributed by atoms with van der Waals surface area (Å²) in [5.41, 5.74) is 1.10. The van der Waals surface area contributed by atoms with Crippen molar-refractivity contribution in [2.75, 3.05) is 26.7 Å². The number of hydrogen-bond donors (Lipinski definition) is 2. The zero-order valence-electron chi connectivity index (χ0n) is 17.1. The standard InChI is InChI=1S/C21H30N6O.HI/c1-17-9-12-26(15-19(17)27-13-11-23-16-27)21(22-2)24-10-8-20(28)25-14-18-6-4-3-5-7-18;/h3-7,11,13,16-17,19H,8-10,12,14-15H2,1-2H3,(H,22,24)(H,25,28);1H. The Balaban J connectivity index is 0.00000300. The average molecular weight is 510 g/mol. The van der Waals surface area contributed by atoms with E-state index in [9.17, 15) is 4.79 Å². The number of imidazole rings is 1. The Labute approximate surface area is 190 Å². The summed E-state index contributed by atoms with van der Waals surface area (Å²) in [5, 5.41) is 6.30. The zero-order valence-corrected chi connectivity index (χ0v) is 19.5.